The summed E-state index contributed by atoms with van der Waals surface area (Å²) < 4.78 is 7.77. The van der Waals surface area contributed by atoms with Crippen LogP contribution in [0.2, 0.25) is 0 Å². The van der Waals surface area contributed by atoms with Crippen LogP contribution in [0.1, 0.15) is 17.4 Å². The Morgan fingerprint density at radius 2 is 2.12 bits per heavy atom. The minimum Gasteiger partial charge on any atom is -0.464 e. The number of aryl methyl sites for hydroxylation is 1. The van der Waals surface area contributed by atoms with Gasteiger partial charge in [0.2, 0.25) is 0 Å². The van der Waals surface area contributed by atoms with Gasteiger partial charge in [0.25, 0.3) is 0 Å². The third kappa shape index (κ3) is 1.61. The molecule has 0 N–H and O–H groups in total. The predicted octanol–water partition coefficient (Wildman–Crippen LogP) is 3.05. The number of halogens is 1. The minimum atomic E-state index is -0.276. The highest BCUT2D eigenvalue weighted by Gasteiger charge is 2.20. The van der Waals surface area contributed by atoms with E-state index >= 15 is 0 Å². The molecule has 0 atom stereocenters. The van der Waals surface area contributed by atoms with Gasteiger partial charge >= 0.3 is 5.97 Å². The van der Waals surface area contributed by atoms with E-state index in [9.17, 15) is 4.79 Å². The Balaban J connectivity index is 2.81. The van der Waals surface area contributed by atoms with Gasteiger partial charge in [0.05, 0.1) is 10.7 Å². The van der Waals surface area contributed by atoms with Crippen LogP contribution in [0.3, 0.4) is 0 Å². The molecular weight excluding hydrogens is 317 g/mol. The van der Waals surface area contributed by atoms with E-state index in [4.69, 9.17) is 4.74 Å². The lowest BCUT2D eigenvalue weighted by molar-refractivity contribution is 0.0588. The number of benzene rings is 1. The van der Waals surface area contributed by atoms with Crippen molar-refractivity contribution in [3.05, 3.63) is 33.5 Å². The van der Waals surface area contributed by atoms with Gasteiger partial charge in [0, 0.05) is 17.4 Å². The summed E-state index contributed by atoms with van der Waals surface area (Å²) in [5.41, 5.74) is 1.72. The molecule has 0 fully saturated rings. The second-order valence-corrected chi connectivity index (χ2v) is 4.49. The third-order valence-corrected chi connectivity index (χ3v) is 3.70. The molecule has 2 aromatic rings. The van der Waals surface area contributed by atoms with Crippen molar-refractivity contribution in [2.24, 2.45) is 0 Å². The number of ether oxygens (including phenoxy) is 1. The van der Waals surface area contributed by atoms with E-state index < -0.39 is 0 Å². The molecule has 0 bridgehead atoms. The summed E-state index contributed by atoms with van der Waals surface area (Å²) in [4.78, 5) is 11.7. The van der Waals surface area contributed by atoms with Crippen molar-refractivity contribution in [3.8, 4) is 0 Å². The normalized spacial score (nSPS) is 10.7. The number of carbonyl (C=O) groups is 1. The lowest BCUT2D eigenvalue weighted by Gasteiger charge is -2.05. The molecule has 0 aliphatic carbocycles. The van der Waals surface area contributed by atoms with Gasteiger partial charge in [-0.05, 0) is 35.6 Å². The molecule has 0 radical (unpaired) electrons. The highest BCUT2D eigenvalue weighted by molar-refractivity contribution is 14.1. The average molecular weight is 329 g/mol. The number of fused-ring (bicyclic) bond motifs is 1. The molecule has 84 valence electrons. The first-order chi connectivity index (χ1) is 7.70. The fourth-order valence-electron chi connectivity index (χ4n) is 1.89. The van der Waals surface area contributed by atoms with Crippen molar-refractivity contribution >= 4 is 39.5 Å². The van der Waals surface area contributed by atoms with Crippen molar-refractivity contribution in [3.63, 3.8) is 0 Å². The fourth-order valence-corrected chi connectivity index (χ4v) is 2.85. The molecule has 0 amide bonds. The van der Waals surface area contributed by atoms with E-state index in [1.165, 1.54) is 7.11 Å². The van der Waals surface area contributed by atoms with E-state index in [1.54, 1.807) is 0 Å². The van der Waals surface area contributed by atoms with Crippen molar-refractivity contribution in [2.45, 2.75) is 13.5 Å². The lowest BCUT2D eigenvalue weighted by atomic mass is 10.2. The van der Waals surface area contributed by atoms with Gasteiger partial charge in [-0.1, -0.05) is 18.2 Å². The van der Waals surface area contributed by atoms with Gasteiger partial charge in [-0.15, -0.1) is 0 Å². The maximum absolute atomic E-state index is 11.7. The Morgan fingerprint density at radius 3 is 2.75 bits per heavy atom. The molecular formula is C12H12INO2. The molecule has 0 aliphatic heterocycles. The molecule has 0 saturated carbocycles. The number of aromatic nitrogens is 1. The third-order valence-electron chi connectivity index (χ3n) is 2.60. The Labute approximate surface area is 108 Å². The van der Waals surface area contributed by atoms with Crippen LogP contribution in [-0.2, 0) is 11.3 Å². The molecule has 0 spiro atoms. The Kier molecular flexibility index (Phi) is 3.18. The molecule has 2 rings (SSSR count). The molecule has 3 nitrogen and oxygen atoms in total. The lowest BCUT2D eigenvalue weighted by Crippen LogP contribution is -2.10. The number of rotatable bonds is 2. The van der Waals surface area contributed by atoms with E-state index in [2.05, 4.69) is 22.6 Å². The first kappa shape index (κ1) is 11.4. The summed E-state index contributed by atoms with van der Waals surface area (Å²) in [7, 11) is 1.41. The van der Waals surface area contributed by atoms with E-state index in [0.29, 0.717) is 5.69 Å². The zero-order valence-electron chi connectivity index (χ0n) is 9.16. The Morgan fingerprint density at radius 1 is 1.44 bits per heavy atom. The molecule has 1 heterocycles. The summed E-state index contributed by atoms with van der Waals surface area (Å²) in [6.45, 7) is 2.78. The van der Waals surface area contributed by atoms with Gasteiger partial charge in [0.1, 0.15) is 5.69 Å². The van der Waals surface area contributed by atoms with Gasteiger partial charge < -0.3 is 9.30 Å². The minimum absolute atomic E-state index is 0.276. The highest BCUT2D eigenvalue weighted by atomic mass is 127. The Hall–Kier alpha value is -1.04. The zero-order chi connectivity index (χ0) is 11.7. The predicted molar refractivity (Wildman–Crippen MR) is 71.7 cm³/mol. The first-order valence-electron chi connectivity index (χ1n) is 5.05. The molecule has 0 aliphatic rings. The van der Waals surface area contributed by atoms with Crippen LogP contribution < -0.4 is 0 Å². The van der Waals surface area contributed by atoms with Crippen molar-refractivity contribution < 1.29 is 9.53 Å². The quantitative estimate of drug-likeness (QED) is 0.626. The molecule has 16 heavy (non-hydrogen) atoms. The highest BCUT2D eigenvalue weighted by Crippen LogP contribution is 2.28. The summed E-state index contributed by atoms with van der Waals surface area (Å²) in [6.07, 6.45) is 0. The molecule has 0 unspecified atom stereocenters. The topological polar surface area (TPSA) is 31.2 Å². The smallest absolute Gasteiger partial charge is 0.355 e. The number of methoxy groups -OCH3 is 1. The van der Waals surface area contributed by atoms with Crippen LogP contribution in [0.15, 0.2) is 24.3 Å². The summed E-state index contributed by atoms with van der Waals surface area (Å²) in [5, 5.41) is 1.10. The average Bonchev–Trinajstić information content (AvgIpc) is 2.62. The van der Waals surface area contributed by atoms with Crippen LogP contribution in [-0.4, -0.2) is 17.6 Å². The van der Waals surface area contributed by atoms with Crippen LogP contribution in [0, 0.1) is 3.57 Å². The fraction of sp³-hybridized carbons (Fsp3) is 0.250. The number of carbonyl (C=O) groups excluding carboxylic acids is 1. The van der Waals surface area contributed by atoms with Crippen LogP contribution in [0.5, 0.6) is 0 Å². The maximum Gasteiger partial charge on any atom is 0.355 e. The number of para-hydroxylation sites is 1. The van der Waals surface area contributed by atoms with E-state index in [0.717, 1.165) is 21.0 Å². The van der Waals surface area contributed by atoms with Crippen LogP contribution in [0.25, 0.3) is 10.9 Å². The van der Waals surface area contributed by atoms with Gasteiger partial charge in [-0.3, -0.25) is 0 Å². The van der Waals surface area contributed by atoms with Gasteiger partial charge in [-0.2, -0.15) is 0 Å². The molecule has 0 saturated heterocycles. The number of hydrogen-bond acceptors (Lipinski definition) is 2. The maximum atomic E-state index is 11.7. The van der Waals surface area contributed by atoms with E-state index in [1.807, 2.05) is 35.8 Å². The second-order valence-electron chi connectivity index (χ2n) is 3.42. The van der Waals surface area contributed by atoms with E-state index in [-0.39, 0.29) is 5.97 Å². The van der Waals surface area contributed by atoms with Crippen molar-refractivity contribution in [1.29, 1.82) is 0 Å². The van der Waals surface area contributed by atoms with Gasteiger partial charge in [-0.25, -0.2) is 4.79 Å². The van der Waals surface area contributed by atoms with Crippen molar-refractivity contribution in [1.82, 2.24) is 4.57 Å². The number of nitrogens with zero attached hydrogens (tertiary/aromatic N) is 1. The second kappa shape index (κ2) is 4.45. The Bertz CT molecular complexity index is 545. The van der Waals surface area contributed by atoms with Crippen LogP contribution >= 0.6 is 22.6 Å². The standard InChI is InChI=1S/C12H12INO2/c1-3-14-9-7-5-4-6-8(9)10(13)11(14)12(15)16-2/h4-7H,3H2,1-2H3. The number of hydrogen-bond donors (Lipinski definition) is 0. The molecule has 4 heteroatoms. The molecule has 1 aromatic carbocycles. The summed E-state index contributed by atoms with van der Waals surface area (Å²) >= 11 is 2.20. The number of esters is 1. The summed E-state index contributed by atoms with van der Waals surface area (Å²) in [5.74, 6) is -0.276. The van der Waals surface area contributed by atoms with Crippen molar-refractivity contribution in [2.75, 3.05) is 7.11 Å². The monoisotopic (exact) mass is 329 g/mol. The molecule has 1 aromatic heterocycles. The largest absolute Gasteiger partial charge is 0.464 e. The SMILES string of the molecule is CCn1c(C(=O)OC)c(I)c2ccccc21. The van der Waals surface area contributed by atoms with Gasteiger partial charge in [0.15, 0.2) is 0 Å². The van der Waals surface area contributed by atoms with Crippen LogP contribution in [0.4, 0.5) is 0 Å². The summed E-state index contributed by atoms with van der Waals surface area (Å²) in [6, 6.07) is 8.00. The first-order valence-corrected chi connectivity index (χ1v) is 6.13. The zero-order valence-corrected chi connectivity index (χ0v) is 11.3.